The van der Waals surface area contributed by atoms with Crippen molar-refractivity contribution < 1.29 is 14.7 Å². The van der Waals surface area contributed by atoms with Crippen LogP contribution in [-0.2, 0) is 9.53 Å². The summed E-state index contributed by atoms with van der Waals surface area (Å²) in [6.45, 7) is 4.39. The molecular weight excluding hydrogens is 256 g/mol. The van der Waals surface area contributed by atoms with Gasteiger partial charge < -0.3 is 9.94 Å². The summed E-state index contributed by atoms with van der Waals surface area (Å²) in [6.07, 6.45) is 8.15. The molecule has 0 saturated carbocycles. The molecule has 0 aliphatic carbocycles. The Hall–Kier alpha value is -1.78. The first kappa shape index (κ1) is 14.6. The van der Waals surface area contributed by atoms with Gasteiger partial charge in [0, 0.05) is 19.4 Å². The van der Waals surface area contributed by atoms with Gasteiger partial charge in [0.1, 0.15) is 11.5 Å². The molecule has 2 heterocycles. The Balaban J connectivity index is 1.99. The number of carbonyl (C=O) groups is 1. The Labute approximate surface area is 119 Å². The number of amides is 1. The maximum atomic E-state index is 12.3. The van der Waals surface area contributed by atoms with Gasteiger partial charge in [0.25, 0.3) is 5.91 Å². The summed E-state index contributed by atoms with van der Waals surface area (Å²) < 4.78 is 5.88. The zero-order valence-corrected chi connectivity index (χ0v) is 12.1. The summed E-state index contributed by atoms with van der Waals surface area (Å²) in [7, 11) is 0. The lowest BCUT2D eigenvalue weighted by Gasteiger charge is -2.32. The van der Waals surface area contributed by atoms with Crippen molar-refractivity contribution in [2.45, 2.75) is 52.2 Å². The van der Waals surface area contributed by atoms with Gasteiger partial charge in [-0.3, -0.25) is 9.69 Å². The van der Waals surface area contributed by atoms with E-state index in [2.05, 4.69) is 11.2 Å². The minimum atomic E-state index is -0.498. The monoisotopic (exact) mass is 278 g/mol. The number of rotatable bonds is 5. The van der Waals surface area contributed by atoms with Crippen molar-refractivity contribution in [2.75, 3.05) is 6.54 Å². The molecule has 1 atom stereocenters. The summed E-state index contributed by atoms with van der Waals surface area (Å²) in [5, 5.41) is 12.2. The van der Waals surface area contributed by atoms with Gasteiger partial charge in [-0.25, -0.2) is 0 Å². The average Bonchev–Trinajstić information content (AvgIpc) is 2.86. The number of ether oxygens (including phenoxy) is 1. The molecule has 1 saturated heterocycles. The molecular formula is C15H22N2O3. The maximum Gasteiger partial charge on any atom is 0.256 e. The average molecular weight is 278 g/mol. The number of oxime groups is 1. The highest BCUT2D eigenvalue weighted by Gasteiger charge is 2.41. The van der Waals surface area contributed by atoms with Crippen LogP contribution < -0.4 is 0 Å². The lowest BCUT2D eigenvalue weighted by Crippen LogP contribution is -2.44. The van der Waals surface area contributed by atoms with Crippen LogP contribution in [0.3, 0.4) is 0 Å². The van der Waals surface area contributed by atoms with Gasteiger partial charge >= 0.3 is 0 Å². The van der Waals surface area contributed by atoms with E-state index in [1.807, 2.05) is 19.9 Å². The molecule has 5 nitrogen and oxygen atoms in total. The highest BCUT2D eigenvalue weighted by atomic mass is 16.5. The Bertz CT molecular complexity index is 466. The smallest absolute Gasteiger partial charge is 0.256 e. The van der Waals surface area contributed by atoms with Crippen molar-refractivity contribution in [2.24, 2.45) is 5.16 Å². The molecule has 0 aromatic rings. The van der Waals surface area contributed by atoms with Crippen LogP contribution >= 0.6 is 0 Å². The van der Waals surface area contributed by atoms with Gasteiger partial charge in [0.15, 0.2) is 0 Å². The number of hydrogen-bond donors (Lipinski definition) is 1. The van der Waals surface area contributed by atoms with Crippen LogP contribution in [0.2, 0.25) is 0 Å². The molecule has 0 aromatic carbocycles. The summed E-state index contributed by atoms with van der Waals surface area (Å²) in [4.78, 5) is 13.9. The lowest BCUT2D eigenvalue weighted by atomic mass is 10.1. The highest BCUT2D eigenvalue weighted by molar-refractivity contribution is 6.01. The van der Waals surface area contributed by atoms with Crippen molar-refractivity contribution >= 4 is 11.6 Å². The third-order valence-electron chi connectivity index (χ3n) is 3.82. The van der Waals surface area contributed by atoms with E-state index in [-0.39, 0.29) is 5.91 Å². The molecule has 0 bridgehead atoms. The molecule has 110 valence electrons. The number of allylic oxidation sites excluding steroid dienone is 3. The first-order chi connectivity index (χ1) is 9.69. The van der Waals surface area contributed by atoms with Crippen LogP contribution in [0.5, 0.6) is 0 Å². The van der Waals surface area contributed by atoms with Crippen LogP contribution in [0.4, 0.5) is 0 Å². The van der Waals surface area contributed by atoms with Gasteiger partial charge in [0.05, 0.1) is 5.57 Å². The van der Waals surface area contributed by atoms with Gasteiger partial charge in [-0.1, -0.05) is 17.3 Å². The minimum absolute atomic E-state index is 0.00311. The molecule has 1 amide bonds. The second kappa shape index (κ2) is 6.59. The molecule has 1 N–H and O–H groups in total. The van der Waals surface area contributed by atoms with E-state index in [4.69, 9.17) is 9.94 Å². The summed E-state index contributed by atoms with van der Waals surface area (Å²) in [5.41, 5.74) is 1.23. The summed E-state index contributed by atoms with van der Waals surface area (Å²) >= 11 is 0. The predicted octanol–water partition coefficient (Wildman–Crippen LogP) is 2.82. The number of carbonyl (C=O) groups excluding carboxylic acids is 1. The molecule has 5 heteroatoms. The van der Waals surface area contributed by atoms with Crippen LogP contribution in [0.15, 0.2) is 28.6 Å². The molecule has 1 unspecified atom stereocenters. The Morgan fingerprint density at radius 2 is 2.30 bits per heavy atom. The number of unbranched alkanes of at least 4 members (excludes halogenated alkanes) is 2. The summed E-state index contributed by atoms with van der Waals surface area (Å²) in [5.74, 6) is 0.753. The minimum Gasteiger partial charge on any atom is -0.469 e. The molecule has 2 aliphatic heterocycles. The quantitative estimate of drug-likeness (QED) is 0.364. The van der Waals surface area contributed by atoms with Crippen LogP contribution in [0.25, 0.3) is 0 Å². The van der Waals surface area contributed by atoms with Crippen LogP contribution in [0, 0.1) is 0 Å². The van der Waals surface area contributed by atoms with Crippen molar-refractivity contribution in [3.8, 4) is 0 Å². The van der Waals surface area contributed by atoms with E-state index in [0.29, 0.717) is 24.3 Å². The zero-order valence-electron chi connectivity index (χ0n) is 12.1. The largest absolute Gasteiger partial charge is 0.469 e. The van der Waals surface area contributed by atoms with E-state index in [1.54, 1.807) is 4.90 Å². The van der Waals surface area contributed by atoms with E-state index < -0.39 is 6.23 Å². The van der Waals surface area contributed by atoms with E-state index >= 15 is 0 Å². The second-order valence-electron chi connectivity index (χ2n) is 5.17. The van der Waals surface area contributed by atoms with Gasteiger partial charge in [-0.15, -0.1) is 0 Å². The first-order valence-electron chi connectivity index (χ1n) is 7.18. The van der Waals surface area contributed by atoms with E-state index in [0.717, 1.165) is 31.4 Å². The van der Waals surface area contributed by atoms with Crippen molar-refractivity contribution in [3.05, 3.63) is 23.5 Å². The van der Waals surface area contributed by atoms with E-state index in [1.165, 1.54) is 0 Å². The molecule has 2 rings (SSSR count). The van der Waals surface area contributed by atoms with Crippen molar-refractivity contribution in [1.29, 1.82) is 0 Å². The fourth-order valence-electron chi connectivity index (χ4n) is 2.61. The number of fused-ring (bicyclic) bond motifs is 1. The third kappa shape index (κ3) is 2.86. The third-order valence-corrected chi connectivity index (χ3v) is 3.82. The Kier molecular flexibility index (Phi) is 4.82. The van der Waals surface area contributed by atoms with Gasteiger partial charge in [-0.2, -0.15) is 0 Å². The van der Waals surface area contributed by atoms with Crippen molar-refractivity contribution in [1.82, 2.24) is 4.90 Å². The fraction of sp³-hybridized carbons (Fsp3) is 0.600. The van der Waals surface area contributed by atoms with Gasteiger partial charge in [0.2, 0.25) is 6.23 Å². The van der Waals surface area contributed by atoms with Crippen LogP contribution in [0.1, 0.15) is 46.0 Å². The SMILES string of the molecule is C/C=C/CCCCC1=C(C)C(=O)N2CC/C(=N\O)C2O1. The normalized spacial score (nSPS) is 24.7. The molecule has 0 spiro atoms. The Morgan fingerprint density at radius 1 is 1.50 bits per heavy atom. The molecule has 1 fully saturated rings. The lowest BCUT2D eigenvalue weighted by molar-refractivity contribution is -0.136. The highest BCUT2D eigenvalue weighted by Crippen LogP contribution is 2.30. The maximum absolute atomic E-state index is 12.3. The second-order valence-corrected chi connectivity index (χ2v) is 5.17. The predicted molar refractivity (Wildman–Crippen MR) is 76.4 cm³/mol. The standard InChI is InChI=1S/C15H22N2O3/c1-3-4-5-6-7-8-13-11(2)14(18)17-10-9-12(16-19)15(17)20-13/h3-4,15,19H,5-10H2,1-2H3/b4-3+,16-12+. The zero-order chi connectivity index (χ0) is 14.5. The van der Waals surface area contributed by atoms with Gasteiger partial charge in [-0.05, 0) is 33.1 Å². The topological polar surface area (TPSA) is 62.1 Å². The number of nitrogens with zero attached hydrogens (tertiary/aromatic N) is 2. The first-order valence-corrected chi connectivity index (χ1v) is 7.18. The number of hydrogen-bond acceptors (Lipinski definition) is 4. The Morgan fingerprint density at radius 3 is 3.00 bits per heavy atom. The molecule has 2 aliphatic rings. The summed E-state index contributed by atoms with van der Waals surface area (Å²) in [6, 6.07) is 0. The molecule has 20 heavy (non-hydrogen) atoms. The molecule has 0 radical (unpaired) electrons. The molecule has 0 aromatic heterocycles. The van der Waals surface area contributed by atoms with E-state index in [9.17, 15) is 4.79 Å². The van der Waals surface area contributed by atoms with Crippen LogP contribution in [-0.4, -0.2) is 34.5 Å². The van der Waals surface area contributed by atoms with Crippen molar-refractivity contribution in [3.63, 3.8) is 0 Å². The fourth-order valence-corrected chi connectivity index (χ4v) is 2.61.